The Balaban J connectivity index is 2.22. The number of nitrogens with zero attached hydrogens (tertiary/aromatic N) is 1. The molecule has 3 N–H and O–H groups in total. The summed E-state index contributed by atoms with van der Waals surface area (Å²) >= 11 is 1.72. The van der Waals surface area contributed by atoms with E-state index in [1.807, 2.05) is 18.2 Å². The van der Waals surface area contributed by atoms with Crippen molar-refractivity contribution in [3.05, 3.63) is 46.3 Å². The number of thiophene rings is 1. The lowest BCUT2D eigenvalue weighted by atomic mass is 10.1. The van der Waals surface area contributed by atoms with Gasteiger partial charge in [0.25, 0.3) is 0 Å². The second-order valence-electron chi connectivity index (χ2n) is 3.60. The summed E-state index contributed by atoms with van der Waals surface area (Å²) in [6, 6.07) is 8.00. The molecule has 17 heavy (non-hydrogen) atoms. The molecule has 4 nitrogen and oxygen atoms in total. The van der Waals surface area contributed by atoms with Crippen LogP contribution in [0, 0.1) is 0 Å². The summed E-state index contributed by atoms with van der Waals surface area (Å²) in [6.07, 6.45) is 2.54. The summed E-state index contributed by atoms with van der Waals surface area (Å²) in [7, 11) is 1.62. The summed E-state index contributed by atoms with van der Waals surface area (Å²) in [5.41, 5.74) is 3.80. The van der Waals surface area contributed by atoms with E-state index in [0.717, 1.165) is 12.0 Å². The van der Waals surface area contributed by atoms with Crippen molar-refractivity contribution in [2.45, 2.75) is 12.5 Å². The average Bonchev–Trinajstić information content (AvgIpc) is 2.89. The van der Waals surface area contributed by atoms with Crippen LogP contribution in [0.2, 0.25) is 0 Å². The van der Waals surface area contributed by atoms with Crippen LogP contribution >= 0.6 is 11.3 Å². The molecule has 2 aromatic heterocycles. The van der Waals surface area contributed by atoms with E-state index >= 15 is 0 Å². The highest BCUT2D eigenvalue weighted by molar-refractivity contribution is 7.09. The first-order valence-corrected chi connectivity index (χ1v) is 6.20. The van der Waals surface area contributed by atoms with E-state index in [1.165, 1.54) is 4.88 Å². The van der Waals surface area contributed by atoms with Crippen LogP contribution in [0.5, 0.6) is 5.88 Å². The van der Waals surface area contributed by atoms with Crippen LogP contribution in [0.25, 0.3) is 0 Å². The predicted molar refractivity (Wildman–Crippen MR) is 68.9 cm³/mol. The van der Waals surface area contributed by atoms with Crippen LogP contribution in [-0.2, 0) is 6.42 Å². The standard InChI is InChI=1S/C12H15N3OS/c1-16-12-10(5-2-6-14-12)11(15-13)8-9-4-3-7-17-9/h2-7,11,15H,8,13H2,1H3. The monoisotopic (exact) mass is 249 g/mol. The Morgan fingerprint density at radius 2 is 2.35 bits per heavy atom. The summed E-state index contributed by atoms with van der Waals surface area (Å²) in [5, 5.41) is 2.06. The molecule has 5 heteroatoms. The molecule has 2 aromatic rings. The smallest absolute Gasteiger partial charge is 0.217 e. The Bertz CT molecular complexity index is 459. The number of hydrazine groups is 1. The van der Waals surface area contributed by atoms with Gasteiger partial charge >= 0.3 is 0 Å². The third kappa shape index (κ3) is 2.82. The molecule has 2 rings (SSSR count). The van der Waals surface area contributed by atoms with Gasteiger partial charge in [0, 0.05) is 23.1 Å². The zero-order valence-corrected chi connectivity index (χ0v) is 10.4. The third-order valence-corrected chi connectivity index (χ3v) is 3.45. The third-order valence-electron chi connectivity index (χ3n) is 2.56. The Hall–Kier alpha value is -1.43. The van der Waals surface area contributed by atoms with Gasteiger partial charge in [-0.1, -0.05) is 12.1 Å². The summed E-state index contributed by atoms with van der Waals surface area (Å²) in [4.78, 5) is 5.46. The highest BCUT2D eigenvalue weighted by atomic mass is 32.1. The number of nitrogens with two attached hydrogens (primary N) is 1. The Labute approximate surface area is 104 Å². The molecular formula is C12H15N3OS. The van der Waals surface area contributed by atoms with Crippen molar-refractivity contribution in [2.24, 2.45) is 5.84 Å². The van der Waals surface area contributed by atoms with E-state index in [1.54, 1.807) is 24.6 Å². The van der Waals surface area contributed by atoms with Crippen LogP contribution in [0.1, 0.15) is 16.5 Å². The lowest BCUT2D eigenvalue weighted by Gasteiger charge is -2.17. The summed E-state index contributed by atoms with van der Waals surface area (Å²) < 4.78 is 5.24. The molecule has 0 fully saturated rings. The van der Waals surface area contributed by atoms with Crippen LogP contribution in [0.3, 0.4) is 0 Å². The van der Waals surface area contributed by atoms with Crippen molar-refractivity contribution in [2.75, 3.05) is 7.11 Å². The molecule has 0 saturated heterocycles. The van der Waals surface area contributed by atoms with Gasteiger partial charge in [-0.15, -0.1) is 11.3 Å². The first-order valence-electron chi connectivity index (χ1n) is 5.32. The molecule has 0 aromatic carbocycles. The number of aromatic nitrogens is 1. The zero-order chi connectivity index (χ0) is 12.1. The molecule has 0 spiro atoms. The van der Waals surface area contributed by atoms with E-state index in [2.05, 4.69) is 21.9 Å². The average molecular weight is 249 g/mol. The molecule has 90 valence electrons. The number of rotatable bonds is 5. The first kappa shape index (κ1) is 12.0. The molecule has 0 amide bonds. The Morgan fingerprint density at radius 3 is 3.00 bits per heavy atom. The van der Waals surface area contributed by atoms with E-state index in [0.29, 0.717) is 5.88 Å². The number of hydrogen-bond acceptors (Lipinski definition) is 5. The highest BCUT2D eigenvalue weighted by Gasteiger charge is 2.16. The fourth-order valence-electron chi connectivity index (χ4n) is 1.73. The van der Waals surface area contributed by atoms with Gasteiger partial charge in [0.15, 0.2) is 0 Å². The number of pyridine rings is 1. The molecule has 0 aliphatic heterocycles. The second-order valence-corrected chi connectivity index (χ2v) is 4.64. The highest BCUT2D eigenvalue weighted by Crippen LogP contribution is 2.26. The number of ether oxygens (including phenoxy) is 1. The number of hydrogen-bond donors (Lipinski definition) is 2. The second kappa shape index (κ2) is 5.77. The maximum Gasteiger partial charge on any atom is 0.217 e. The molecular weight excluding hydrogens is 234 g/mol. The van der Waals surface area contributed by atoms with E-state index in [4.69, 9.17) is 10.6 Å². The van der Waals surface area contributed by atoms with Gasteiger partial charge in [-0.2, -0.15) is 0 Å². The van der Waals surface area contributed by atoms with Gasteiger partial charge in [-0.05, 0) is 17.5 Å². The van der Waals surface area contributed by atoms with Gasteiger partial charge in [-0.3, -0.25) is 11.3 Å². The minimum absolute atomic E-state index is 0.0114. The summed E-state index contributed by atoms with van der Waals surface area (Å²) in [5.74, 6) is 6.23. The normalized spacial score (nSPS) is 12.4. The maximum absolute atomic E-state index is 5.62. The quantitative estimate of drug-likeness (QED) is 0.627. The SMILES string of the molecule is COc1ncccc1C(Cc1cccs1)NN. The molecule has 0 aliphatic carbocycles. The molecule has 0 saturated carbocycles. The zero-order valence-electron chi connectivity index (χ0n) is 9.59. The molecule has 1 atom stereocenters. The minimum atomic E-state index is 0.0114. The van der Waals surface area contributed by atoms with Crippen molar-refractivity contribution in [1.29, 1.82) is 0 Å². The lowest BCUT2D eigenvalue weighted by molar-refractivity contribution is 0.382. The number of nitrogens with one attached hydrogen (secondary N) is 1. The van der Waals surface area contributed by atoms with Crippen molar-refractivity contribution < 1.29 is 4.74 Å². The number of methoxy groups -OCH3 is 1. The van der Waals surface area contributed by atoms with Crippen molar-refractivity contribution in [3.8, 4) is 5.88 Å². The molecule has 0 radical (unpaired) electrons. The Morgan fingerprint density at radius 1 is 1.47 bits per heavy atom. The van der Waals surface area contributed by atoms with E-state index < -0.39 is 0 Å². The van der Waals surface area contributed by atoms with Gasteiger partial charge in [0.05, 0.1) is 13.2 Å². The van der Waals surface area contributed by atoms with Crippen LogP contribution in [0.15, 0.2) is 35.8 Å². The predicted octanol–water partition coefficient (Wildman–Crippen LogP) is 1.90. The summed E-state index contributed by atoms with van der Waals surface area (Å²) in [6.45, 7) is 0. The van der Waals surface area contributed by atoms with Gasteiger partial charge in [0.1, 0.15) is 0 Å². The fourth-order valence-corrected chi connectivity index (χ4v) is 2.48. The van der Waals surface area contributed by atoms with E-state index in [-0.39, 0.29) is 6.04 Å². The van der Waals surface area contributed by atoms with Crippen LogP contribution < -0.4 is 16.0 Å². The first-order chi connectivity index (χ1) is 8.35. The Kier molecular flexibility index (Phi) is 4.08. The van der Waals surface area contributed by atoms with E-state index in [9.17, 15) is 0 Å². The van der Waals surface area contributed by atoms with Crippen LogP contribution in [0.4, 0.5) is 0 Å². The topological polar surface area (TPSA) is 60.2 Å². The van der Waals surface area contributed by atoms with Gasteiger partial charge < -0.3 is 4.74 Å². The largest absolute Gasteiger partial charge is 0.481 e. The van der Waals surface area contributed by atoms with Gasteiger partial charge in [-0.25, -0.2) is 4.98 Å². The van der Waals surface area contributed by atoms with Crippen molar-refractivity contribution in [3.63, 3.8) is 0 Å². The van der Waals surface area contributed by atoms with Crippen LogP contribution in [-0.4, -0.2) is 12.1 Å². The minimum Gasteiger partial charge on any atom is -0.481 e. The fraction of sp³-hybridized carbons (Fsp3) is 0.250. The van der Waals surface area contributed by atoms with Crippen molar-refractivity contribution >= 4 is 11.3 Å². The van der Waals surface area contributed by atoms with Crippen molar-refractivity contribution in [1.82, 2.24) is 10.4 Å². The molecule has 2 heterocycles. The molecule has 0 bridgehead atoms. The molecule has 0 aliphatic rings. The lowest BCUT2D eigenvalue weighted by Crippen LogP contribution is -2.29. The van der Waals surface area contributed by atoms with Gasteiger partial charge in [0.2, 0.25) is 5.88 Å². The maximum atomic E-state index is 5.62. The molecule has 1 unspecified atom stereocenters.